The number of nitrogens with one attached hydrogen (secondary N) is 1. The Morgan fingerprint density at radius 3 is 2.73 bits per heavy atom. The van der Waals surface area contributed by atoms with E-state index in [1.54, 1.807) is 18.4 Å². The number of ether oxygens (including phenoxy) is 2. The minimum absolute atomic E-state index is 0.365. The van der Waals surface area contributed by atoms with Crippen LogP contribution in [-0.2, 0) is 16.0 Å². The zero-order chi connectivity index (χ0) is 16.2. The molecule has 0 aliphatic carbocycles. The number of rotatable bonds is 4. The van der Waals surface area contributed by atoms with Gasteiger partial charge in [-0.2, -0.15) is 0 Å². The molecule has 6 nitrogen and oxygen atoms in total. The molecule has 0 saturated carbocycles. The molecule has 22 heavy (non-hydrogen) atoms. The molecule has 7 heteroatoms. The summed E-state index contributed by atoms with van der Waals surface area (Å²) in [6.45, 7) is 7.92. The molecule has 1 aliphatic heterocycles. The van der Waals surface area contributed by atoms with Gasteiger partial charge in [0.1, 0.15) is 5.60 Å². The van der Waals surface area contributed by atoms with Gasteiger partial charge in [0.15, 0.2) is 5.13 Å². The van der Waals surface area contributed by atoms with Crippen LogP contribution in [0.2, 0.25) is 0 Å². The van der Waals surface area contributed by atoms with Crippen molar-refractivity contribution < 1.29 is 14.3 Å². The van der Waals surface area contributed by atoms with Crippen LogP contribution in [0.15, 0.2) is 6.20 Å². The monoisotopic (exact) mass is 327 g/mol. The molecular weight excluding hydrogens is 302 g/mol. The number of nitrogens with zero attached hydrogens (tertiary/aromatic N) is 2. The second-order valence-corrected chi connectivity index (χ2v) is 7.48. The number of carbonyl (C=O) groups excluding carboxylic acids is 1. The predicted octanol–water partition coefficient (Wildman–Crippen LogP) is 2.78. The number of thiazole rings is 1. The smallest absolute Gasteiger partial charge is 0.407 e. The van der Waals surface area contributed by atoms with Gasteiger partial charge in [0.05, 0.1) is 12.6 Å². The van der Waals surface area contributed by atoms with Gasteiger partial charge in [0.25, 0.3) is 0 Å². The largest absolute Gasteiger partial charge is 0.444 e. The van der Waals surface area contributed by atoms with Crippen molar-refractivity contribution in [2.45, 2.75) is 51.9 Å². The maximum atomic E-state index is 11.6. The molecule has 1 N–H and O–H groups in total. The van der Waals surface area contributed by atoms with Gasteiger partial charge in [-0.1, -0.05) is 0 Å². The van der Waals surface area contributed by atoms with Crippen LogP contribution >= 0.6 is 11.3 Å². The molecular formula is C15H25N3O3S. The fourth-order valence-corrected chi connectivity index (χ4v) is 3.18. The van der Waals surface area contributed by atoms with Crippen LogP contribution in [0.4, 0.5) is 9.93 Å². The molecule has 0 radical (unpaired) electrons. The Labute approximate surface area is 135 Å². The van der Waals surface area contributed by atoms with Gasteiger partial charge < -0.3 is 19.7 Å². The highest BCUT2D eigenvalue weighted by molar-refractivity contribution is 7.15. The molecule has 2 rings (SSSR count). The van der Waals surface area contributed by atoms with E-state index in [0.717, 1.165) is 35.9 Å². The SMILES string of the molecule is COC1CCN(c2ncc(CNC(=O)OC(C)(C)C)s2)CC1. The lowest BCUT2D eigenvalue weighted by Crippen LogP contribution is -2.36. The molecule has 2 heterocycles. The van der Waals surface area contributed by atoms with E-state index in [4.69, 9.17) is 9.47 Å². The molecule has 0 aromatic carbocycles. The minimum Gasteiger partial charge on any atom is -0.444 e. The van der Waals surface area contributed by atoms with E-state index in [1.807, 2.05) is 27.0 Å². The Kier molecular flexibility index (Phi) is 5.63. The summed E-state index contributed by atoms with van der Waals surface area (Å²) >= 11 is 1.61. The van der Waals surface area contributed by atoms with E-state index in [-0.39, 0.29) is 0 Å². The zero-order valence-electron chi connectivity index (χ0n) is 13.7. The molecule has 124 valence electrons. The van der Waals surface area contributed by atoms with Crippen LogP contribution in [0.25, 0.3) is 0 Å². The lowest BCUT2D eigenvalue weighted by Gasteiger charge is -2.30. The molecule has 1 aromatic heterocycles. The van der Waals surface area contributed by atoms with Crippen molar-refractivity contribution >= 4 is 22.6 Å². The van der Waals surface area contributed by atoms with E-state index in [9.17, 15) is 4.79 Å². The topological polar surface area (TPSA) is 63.7 Å². The number of amides is 1. The van der Waals surface area contributed by atoms with Crippen LogP contribution < -0.4 is 10.2 Å². The highest BCUT2D eigenvalue weighted by atomic mass is 32.1. The first-order valence-corrected chi connectivity index (χ1v) is 8.38. The van der Waals surface area contributed by atoms with Crippen molar-refractivity contribution in [1.82, 2.24) is 10.3 Å². The molecule has 1 fully saturated rings. The number of aromatic nitrogens is 1. The molecule has 1 aliphatic rings. The van der Waals surface area contributed by atoms with Crippen molar-refractivity contribution in [3.8, 4) is 0 Å². The van der Waals surface area contributed by atoms with E-state index in [1.165, 1.54) is 0 Å². The molecule has 0 atom stereocenters. The highest BCUT2D eigenvalue weighted by Gasteiger charge is 2.21. The second-order valence-electron chi connectivity index (χ2n) is 6.39. The Bertz CT molecular complexity index is 490. The van der Waals surface area contributed by atoms with Gasteiger partial charge >= 0.3 is 6.09 Å². The van der Waals surface area contributed by atoms with E-state index < -0.39 is 11.7 Å². The number of hydrogen-bond acceptors (Lipinski definition) is 6. The number of alkyl carbamates (subject to hydrolysis) is 1. The van der Waals surface area contributed by atoms with Crippen LogP contribution in [0.3, 0.4) is 0 Å². The summed E-state index contributed by atoms with van der Waals surface area (Å²) in [5, 5.41) is 3.77. The lowest BCUT2D eigenvalue weighted by atomic mass is 10.1. The third-order valence-corrected chi connectivity index (χ3v) is 4.45. The van der Waals surface area contributed by atoms with Gasteiger partial charge in [0, 0.05) is 31.3 Å². The fourth-order valence-electron chi connectivity index (χ4n) is 2.28. The molecule has 0 spiro atoms. The summed E-state index contributed by atoms with van der Waals surface area (Å²) in [7, 11) is 1.77. The standard InChI is InChI=1S/C15H25N3O3S/c1-15(2,3)21-14(19)17-10-12-9-16-13(22-12)18-7-5-11(20-4)6-8-18/h9,11H,5-8,10H2,1-4H3,(H,17,19). The van der Waals surface area contributed by atoms with Crippen molar-refractivity contribution in [3.63, 3.8) is 0 Å². The first-order valence-electron chi connectivity index (χ1n) is 7.56. The molecule has 1 amide bonds. The summed E-state index contributed by atoms with van der Waals surface area (Å²) in [6, 6.07) is 0. The van der Waals surface area contributed by atoms with Crippen LogP contribution in [-0.4, -0.2) is 43.0 Å². The normalized spacial score (nSPS) is 16.6. The number of anilines is 1. The third-order valence-electron chi connectivity index (χ3n) is 3.39. The van der Waals surface area contributed by atoms with Gasteiger partial charge in [-0.15, -0.1) is 11.3 Å². The first-order chi connectivity index (χ1) is 10.4. The Morgan fingerprint density at radius 1 is 1.45 bits per heavy atom. The molecule has 1 aromatic rings. The molecule has 0 bridgehead atoms. The fraction of sp³-hybridized carbons (Fsp3) is 0.733. The van der Waals surface area contributed by atoms with E-state index >= 15 is 0 Å². The minimum atomic E-state index is -0.478. The maximum absolute atomic E-state index is 11.6. The quantitative estimate of drug-likeness (QED) is 0.921. The number of carbonyl (C=O) groups is 1. The summed E-state index contributed by atoms with van der Waals surface area (Å²) < 4.78 is 10.6. The van der Waals surface area contributed by atoms with Crippen molar-refractivity contribution in [2.24, 2.45) is 0 Å². The summed E-state index contributed by atoms with van der Waals surface area (Å²) in [4.78, 5) is 19.4. The summed E-state index contributed by atoms with van der Waals surface area (Å²) in [6.07, 6.45) is 3.84. The Hall–Kier alpha value is -1.34. The van der Waals surface area contributed by atoms with Gasteiger partial charge in [-0.3, -0.25) is 0 Å². The third kappa shape index (κ3) is 5.14. The Morgan fingerprint density at radius 2 is 2.14 bits per heavy atom. The van der Waals surface area contributed by atoms with Gasteiger partial charge in [-0.25, -0.2) is 9.78 Å². The molecule has 1 saturated heterocycles. The number of piperidine rings is 1. The van der Waals surface area contributed by atoms with Gasteiger partial charge in [-0.05, 0) is 33.6 Å². The van der Waals surface area contributed by atoms with Crippen molar-refractivity contribution in [3.05, 3.63) is 11.1 Å². The highest BCUT2D eigenvalue weighted by Crippen LogP contribution is 2.26. The van der Waals surface area contributed by atoms with Crippen molar-refractivity contribution in [1.29, 1.82) is 0 Å². The van der Waals surface area contributed by atoms with E-state index in [2.05, 4.69) is 15.2 Å². The van der Waals surface area contributed by atoms with Crippen molar-refractivity contribution in [2.75, 3.05) is 25.1 Å². The predicted molar refractivity (Wildman–Crippen MR) is 87.4 cm³/mol. The average molecular weight is 327 g/mol. The maximum Gasteiger partial charge on any atom is 0.407 e. The van der Waals surface area contributed by atoms with Crippen LogP contribution in [0.5, 0.6) is 0 Å². The Balaban J connectivity index is 1.81. The number of methoxy groups -OCH3 is 1. The van der Waals surface area contributed by atoms with Crippen LogP contribution in [0.1, 0.15) is 38.5 Å². The number of hydrogen-bond donors (Lipinski definition) is 1. The van der Waals surface area contributed by atoms with Crippen LogP contribution in [0, 0.1) is 0 Å². The second kappa shape index (κ2) is 7.28. The first kappa shape index (κ1) is 17.0. The summed E-state index contributed by atoms with van der Waals surface area (Å²) in [5.74, 6) is 0. The zero-order valence-corrected chi connectivity index (χ0v) is 14.5. The van der Waals surface area contributed by atoms with Gasteiger partial charge in [0.2, 0.25) is 0 Å². The summed E-state index contributed by atoms with van der Waals surface area (Å²) in [5.41, 5.74) is -0.478. The molecule has 0 unspecified atom stereocenters. The lowest BCUT2D eigenvalue weighted by molar-refractivity contribution is 0.0524. The average Bonchev–Trinajstić information content (AvgIpc) is 2.92. The van der Waals surface area contributed by atoms with E-state index in [0.29, 0.717) is 12.6 Å².